The quantitative estimate of drug-likeness (QED) is 0.756. The molecule has 6 nitrogen and oxygen atoms in total. The number of aromatic nitrogens is 3. The maximum Gasteiger partial charge on any atom is 0.322 e. The minimum absolute atomic E-state index is 0.0996. The molecule has 1 heterocycles. The van der Waals surface area contributed by atoms with E-state index < -0.39 is 0 Å². The molecule has 21 heavy (non-hydrogen) atoms. The Hall–Kier alpha value is -2.08. The summed E-state index contributed by atoms with van der Waals surface area (Å²) >= 11 is 5.82. The molecule has 1 N–H and O–H groups in total. The van der Waals surface area contributed by atoms with Crippen LogP contribution < -0.4 is 14.8 Å². The summed E-state index contributed by atoms with van der Waals surface area (Å²) in [6.07, 6.45) is 0.963. The number of nitrogens with zero attached hydrogens (tertiary/aromatic N) is 3. The highest BCUT2D eigenvalue weighted by molar-refractivity contribution is 6.28. The van der Waals surface area contributed by atoms with Crippen LogP contribution in [-0.4, -0.2) is 34.7 Å². The van der Waals surface area contributed by atoms with Crippen LogP contribution in [0.4, 0.5) is 5.95 Å². The molecule has 0 aliphatic carbocycles. The van der Waals surface area contributed by atoms with Gasteiger partial charge in [-0.15, -0.1) is 0 Å². The lowest BCUT2D eigenvalue weighted by Crippen LogP contribution is -2.12. The van der Waals surface area contributed by atoms with Crippen molar-refractivity contribution in [2.45, 2.75) is 13.3 Å². The highest BCUT2D eigenvalue weighted by Crippen LogP contribution is 2.12. The Kier molecular flexibility index (Phi) is 6.02. The molecule has 2 rings (SSSR count). The molecule has 0 fully saturated rings. The molecule has 112 valence electrons. The summed E-state index contributed by atoms with van der Waals surface area (Å²) < 4.78 is 10.9. The number of hydrogen-bond acceptors (Lipinski definition) is 6. The Labute approximate surface area is 128 Å². The summed E-state index contributed by atoms with van der Waals surface area (Å²) in [5.41, 5.74) is 0. The van der Waals surface area contributed by atoms with Crippen molar-refractivity contribution in [2.24, 2.45) is 0 Å². The zero-order valence-corrected chi connectivity index (χ0v) is 12.5. The molecule has 0 amide bonds. The Morgan fingerprint density at radius 3 is 2.57 bits per heavy atom. The summed E-state index contributed by atoms with van der Waals surface area (Å²) in [4.78, 5) is 12.0. The van der Waals surface area contributed by atoms with Crippen molar-refractivity contribution in [1.29, 1.82) is 0 Å². The first kappa shape index (κ1) is 15.3. The standard InChI is InChI=1S/C14H17ClN4O2/c1-2-8-16-13-17-12(15)18-14(19-13)21-10-9-20-11-6-4-3-5-7-11/h3-7H,2,8-10H2,1H3,(H,16,17,18,19). The average Bonchev–Trinajstić information content (AvgIpc) is 2.50. The SMILES string of the molecule is CCCNc1nc(Cl)nc(OCCOc2ccccc2)n1. The topological polar surface area (TPSA) is 69.2 Å². The fourth-order valence-electron chi connectivity index (χ4n) is 1.52. The van der Waals surface area contributed by atoms with E-state index in [9.17, 15) is 0 Å². The van der Waals surface area contributed by atoms with E-state index in [-0.39, 0.29) is 11.3 Å². The van der Waals surface area contributed by atoms with Crippen LogP contribution in [0.3, 0.4) is 0 Å². The highest BCUT2D eigenvalue weighted by Gasteiger charge is 2.05. The van der Waals surface area contributed by atoms with Gasteiger partial charge in [0, 0.05) is 6.54 Å². The predicted molar refractivity (Wildman–Crippen MR) is 81.0 cm³/mol. The largest absolute Gasteiger partial charge is 0.490 e. The lowest BCUT2D eigenvalue weighted by molar-refractivity contribution is 0.206. The molecule has 0 spiro atoms. The van der Waals surface area contributed by atoms with Crippen molar-refractivity contribution in [3.05, 3.63) is 35.6 Å². The van der Waals surface area contributed by atoms with E-state index >= 15 is 0 Å². The molecule has 2 aromatic rings. The molecule has 1 aromatic carbocycles. The van der Waals surface area contributed by atoms with Gasteiger partial charge in [-0.3, -0.25) is 0 Å². The molecule has 0 aliphatic rings. The number of rotatable bonds is 8. The number of ether oxygens (including phenoxy) is 2. The molecule has 0 atom stereocenters. The van der Waals surface area contributed by atoms with Crippen LogP contribution >= 0.6 is 11.6 Å². The molecule has 0 saturated heterocycles. The Morgan fingerprint density at radius 2 is 1.81 bits per heavy atom. The van der Waals surface area contributed by atoms with Crippen LogP contribution in [-0.2, 0) is 0 Å². The number of hydrogen-bond donors (Lipinski definition) is 1. The number of anilines is 1. The van der Waals surface area contributed by atoms with Crippen LogP contribution in [0, 0.1) is 0 Å². The monoisotopic (exact) mass is 308 g/mol. The first-order valence-corrected chi connectivity index (χ1v) is 7.12. The van der Waals surface area contributed by atoms with Gasteiger partial charge in [0.1, 0.15) is 19.0 Å². The Balaban J connectivity index is 1.81. The number of benzene rings is 1. The molecular weight excluding hydrogens is 292 g/mol. The third kappa shape index (κ3) is 5.43. The van der Waals surface area contributed by atoms with E-state index in [1.807, 2.05) is 37.3 Å². The van der Waals surface area contributed by atoms with Crippen LogP contribution in [0.2, 0.25) is 5.28 Å². The van der Waals surface area contributed by atoms with Gasteiger partial charge in [-0.25, -0.2) is 0 Å². The van der Waals surface area contributed by atoms with E-state index in [4.69, 9.17) is 21.1 Å². The molecular formula is C14H17ClN4O2. The van der Waals surface area contributed by atoms with E-state index in [1.165, 1.54) is 0 Å². The average molecular weight is 309 g/mol. The summed E-state index contributed by atoms with van der Waals surface area (Å²) in [6.45, 7) is 3.53. The molecule has 7 heteroatoms. The smallest absolute Gasteiger partial charge is 0.322 e. The van der Waals surface area contributed by atoms with Crippen LogP contribution in [0.1, 0.15) is 13.3 Å². The second kappa shape index (κ2) is 8.26. The van der Waals surface area contributed by atoms with Crippen LogP contribution in [0.25, 0.3) is 0 Å². The predicted octanol–water partition coefficient (Wildman–Crippen LogP) is 2.80. The second-order valence-corrected chi connectivity index (χ2v) is 4.49. The van der Waals surface area contributed by atoms with Gasteiger partial charge >= 0.3 is 6.01 Å². The minimum Gasteiger partial charge on any atom is -0.490 e. The van der Waals surface area contributed by atoms with Gasteiger partial charge in [-0.05, 0) is 30.2 Å². The van der Waals surface area contributed by atoms with Crippen molar-refractivity contribution in [3.8, 4) is 11.8 Å². The van der Waals surface area contributed by atoms with E-state index in [0.29, 0.717) is 19.2 Å². The van der Waals surface area contributed by atoms with Gasteiger partial charge in [0.05, 0.1) is 0 Å². The van der Waals surface area contributed by atoms with Crippen LogP contribution in [0.5, 0.6) is 11.8 Å². The summed E-state index contributed by atoms with van der Waals surface area (Å²) in [5.74, 6) is 1.20. The van der Waals surface area contributed by atoms with Gasteiger partial charge in [0.25, 0.3) is 0 Å². The van der Waals surface area contributed by atoms with E-state index in [2.05, 4.69) is 20.3 Å². The van der Waals surface area contributed by atoms with Crippen molar-refractivity contribution in [3.63, 3.8) is 0 Å². The van der Waals surface area contributed by atoms with E-state index in [0.717, 1.165) is 18.7 Å². The van der Waals surface area contributed by atoms with Crippen LogP contribution in [0.15, 0.2) is 30.3 Å². The number of para-hydroxylation sites is 1. The Morgan fingerprint density at radius 1 is 1.05 bits per heavy atom. The lowest BCUT2D eigenvalue weighted by Gasteiger charge is -2.08. The summed E-state index contributed by atoms with van der Waals surface area (Å²) in [7, 11) is 0. The molecule has 0 unspecified atom stereocenters. The Bertz CT molecular complexity index is 554. The van der Waals surface area contributed by atoms with Gasteiger partial charge in [-0.2, -0.15) is 15.0 Å². The molecule has 0 bridgehead atoms. The fourth-order valence-corrected chi connectivity index (χ4v) is 1.67. The lowest BCUT2D eigenvalue weighted by atomic mass is 10.3. The maximum atomic E-state index is 5.82. The first-order chi connectivity index (χ1) is 10.3. The van der Waals surface area contributed by atoms with Gasteiger partial charge in [-0.1, -0.05) is 25.1 Å². The second-order valence-electron chi connectivity index (χ2n) is 4.15. The number of halogens is 1. The van der Waals surface area contributed by atoms with Gasteiger partial charge in [0.2, 0.25) is 11.2 Å². The molecule has 0 aliphatic heterocycles. The minimum atomic E-state index is 0.0996. The van der Waals surface area contributed by atoms with Crippen molar-refractivity contribution in [1.82, 2.24) is 15.0 Å². The fraction of sp³-hybridized carbons (Fsp3) is 0.357. The zero-order valence-electron chi connectivity index (χ0n) is 11.8. The van der Waals surface area contributed by atoms with Crippen molar-refractivity contribution >= 4 is 17.5 Å². The van der Waals surface area contributed by atoms with Crippen molar-refractivity contribution in [2.75, 3.05) is 25.1 Å². The van der Waals surface area contributed by atoms with Gasteiger partial charge in [0.15, 0.2) is 0 Å². The third-order valence-electron chi connectivity index (χ3n) is 2.45. The summed E-state index contributed by atoms with van der Waals surface area (Å²) in [6, 6.07) is 9.70. The molecule has 0 saturated carbocycles. The molecule has 1 aromatic heterocycles. The number of nitrogens with one attached hydrogen (secondary N) is 1. The summed E-state index contributed by atoms with van der Waals surface area (Å²) in [5, 5.41) is 3.13. The maximum absolute atomic E-state index is 5.82. The normalized spacial score (nSPS) is 10.2. The van der Waals surface area contributed by atoms with Crippen molar-refractivity contribution < 1.29 is 9.47 Å². The first-order valence-electron chi connectivity index (χ1n) is 6.74. The van der Waals surface area contributed by atoms with Gasteiger partial charge < -0.3 is 14.8 Å². The highest BCUT2D eigenvalue weighted by atomic mass is 35.5. The zero-order chi connectivity index (χ0) is 14.9. The van der Waals surface area contributed by atoms with E-state index in [1.54, 1.807) is 0 Å². The molecule has 0 radical (unpaired) electrons. The third-order valence-corrected chi connectivity index (χ3v) is 2.62.